The largest absolute Gasteiger partial charge is 0.294 e. The molecule has 138 valence electrons. The van der Waals surface area contributed by atoms with Crippen LogP contribution in [0.4, 0.5) is 0 Å². The van der Waals surface area contributed by atoms with E-state index in [2.05, 4.69) is 62.4 Å². The fourth-order valence-electron chi connectivity index (χ4n) is 6.13. The van der Waals surface area contributed by atoms with Crippen molar-refractivity contribution in [3.05, 3.63) is 93.1 Å². The number of carbonyl (C=O) groups is 2. The second-order valence-electron chi connectivity index (χ2n) is 8.86. The third kappa shape index (κ3) is 1.83. The molecule has 0 fully saturated rings. The van der Waals surface area contributed by atoms with Gasteiger partial charge in [0.25, 0.3) is 0 Å². The standard InChI is InChI=1S/C26H22O2/c1-13-11-19-20(12-14(13)2)26(28)24-22-17-9-5-3-7-15(17)21(23(24)25(19)27)16-8-4-6-10-18(16)22/h3-10,19-22H,11-12H2,1-2H3. The number of allylic oxidation sites excluding steroid dienone is 4. The second-order valence-corrected chi connectivity index (χ2v) is 8.86. The minimum absolute atomic E-state index is 0.0860. The Morgan fingerprint density at radius 3 is 1.25 bits per heavy atom. The maximum absolute atomic E-state index is 13.8. The average molecular weight is 366 g/mol. The van der Waals surface area contributed by atoms with Gasteiger partial charge >= 0.3 is 0 Å². The molecule has 2 nitrogen and oxygen atoms in total. The normalized spacial score (nSPS) is 30.1. The van der Waals surface area contributed by atoms with Crippen LogP contribution >= 0.6 is 0 Å². The third-order valence-electron chi connectivity index (χ3n) is 7.57. The first-order chi connectivity index (χ1) is 13.6. The van der Waals surface area contributed by atoms with Gasteiger partial charge in [-0.3, -0.25) is 9.59 Å². The minimum Gasteiger partial charge on any atom is -0.294 e. The quantitative estimate of drug-likeness (QED) is 0.609. The van der Waals surface area contributed by atoms with E-state index >= 15 is 0 Å². The summed E-state index contributed by atoms with van der Waals surface area (Å²) in [6, 6.07) is 16.8. The van der Waals surface area contributed by atoms with E-state index in [0.29, 0.717) is 0 Å². The Bertz CT molecular complexity index is 1010. The smallest absolute Gasteiger partial charge is 0.164 e. The van der Waals surface area contributed by atoms with Crippen molar-refractivity contribution < 1.29 is 9.59 Å². The molecule has 0 aromatic heterocycles. The molecule has 0 heterocycles. The van der Waals surface area contributed by atoms with Crippen molar-refractivity contribution in [2.45, 2.75) is 38.5 Å². The molecule has 7 rings (SSSR count). The summed E-state index contributed by atoms with van der Waals surface area (Å²) < 4.78 is 0. The van der Waals surface area contributed by atoms with Gasteiger partial charge in [-0.2, -0.15) is 0 Å². The van der Waals surface area contributed by atoms with Crippen LogP contribution in [0.15, 0.2) is 70.8 Å². The molecule has 0 radical (unpaired) electrons. The number of hydrogen-bond donors (Lipinski definition) is 0. The van der Waals surface area contributed by atoms with Crippen LogP contribution in [0.3, 0.4) is 0 Å². The van der Waals surface area contributed by atoms with Crippen molar-refractivity contribution in [1.29, 1.82) is 0 Å². The molecule has 5 aliphatic rings. The zero-order valence-corrected chi connectivity index (χ0v) is 16.2. The number of rotatable bonds is 0. The molecule has 0 saturated heterocycles. The van der Waals surface area contributed by atoms with Crippen LogP contribution < -0.4 is 0 Å². The van der Waals surface area contributed by atoms with Crippen LogP contribution in [0, 0.1) is 11.8 Å². The molecule has 0 aliphatic heterocycles. The van der Waals surface area contributed by atoms with Crippen LogP contribution in [0.25, 0.3) is 0 Å². The lowest BCUT2D eigenvalue weighted by Gasteiger charge is -2.48. The van der Waals surface area contributed by atoms with Crippen molar-refractivity contribution in [3.8, 4) is 0 Å². The fraction of sp³-hybridized carbons (Fsp3) is 0.308. The van der Waals surface area contributed by atoms with Crippen LogP contribution in [-0.4, -0.2) is 11.6 Å². The summed E-state index contributed by atoms with van der Waals surface area (Å²) in [5.74, 6) is -0.0626. The molecule has 0 amide bonds. The van der Waals surface area contributed by atoms with Gasteiger partial charge in [0.05, 0.1) is 0 Å². The van der Waals surface area contributed by atoms with Crippen molar-refractivity contribution in [2.24, 2.45) is 11.8 Å². The van der Waals surface area contributed by atoms with Crippen molar-refractivity contribution in [3.63, 3.8) is 0 Å². The van der Waals surface area contributed by atoms with E-state index < -0.39 is 0 Å². The Morgan fingerprint density at radius 1 is 0.607 bits per heavy atom. The zero-order valence-electron chi connectivity index (χ0n) is 16.2. The van der Waals surface area contributed by atoms with E-state index in [4.69, 9.17) is 0 Å². The van der Waals surface area contributed by atoms with Crippen molar-refractivity contribution >= 4 is 11.6 Å². The Hall–Kier alpha value is -2.74. The number of benzene rings is 2. The van der Waals surface area contributed by atoms with Gasteiger partial charge < -0.3 is 0 Å². The molecule has 0 N–H and O–H groups in total. The Kier molecular flexibility index (Phi) is 3.14. The number of fused-ring (bicyclic) bond motifs is 1. The molecule has 2 bridgehead atoms. The van der Waals surface area contributed by atoms with Crippen molar-refractivity contribution in [2.75, 3.05) is 0 Å². The summed E-state index contributed by atoms with van der Waals surface area (Å²) in [6.45, 7) is 4.23. The molecule has 2 heteroatoms. The summed E-state index contributed by atoms with van der Waals surface area (Å²) >= 11 is 0. The van der Waals surface area contributed by atoms with E-state index in [1.54, 1.807) is 0 Å². The van der Waals surface area contributed by atoms with Crippen molar-refractivity contribution in [1.82, 2.24) is 0 Å². The van der Waals surface area contributed by atoms with Crippen LogP contribution in [0.5, 0.6) is 0 Å². The maximum atomic E-state index is 13.8. The first-order valence-corrected chi connectivity index (χ1v) is 10.2. The first kappa shape index (κ1) is 16.2. The lowest BCUT2D eigenvalue weighted by atomic mass is 9.53. The molecular weight excluding hydrogens is 344 g/mol. The Morgan fingerprint density at radius 2 is 0.929 bits per heavy atom. The van der Waals surface area contributed by atoms with Crippen LogP contribution in [-0.2, 0) is 9.59 Å². The summed E-state index contributed by atoms with van der Waals surface area (Å²) in [5.41, 5.74) is 9.03. The van der Waals surface area contributed by atoms with Gasteiger partial charge in [0, 0.05) is 34.8 Å². The number of carbonyl (C=O) groups excluding carboxylic acids is 2. The molecule has 2 aromatic rings. The van der Waals surface area contributed by atoms with E-state index in [0.717, 1.165) is 24.0 Å². The Balaban J connectivity index is 1.62. The number of hydrogen-bond acceptors (Lipinski definition) is 2. The topological polar surface area (TPSA) is 34.1 Å². The Labute approximate surface area is 165 Å². The zero-order chi connectivity index (χ0) is 19.2. The lowest BCUT2D eigenvalue weighted by Crippen LogP contribution is -2.46. The third-order valence-corrected chi connectivity index (χ3v) is 7.57. The summed E-state index contributed by atoms with van der Waals surface area (Å²) in [5, 5.41) is 0. The first-order valence-electron chi connectivity index (χ1n) is 10.2. The van der Waals surface area contributed by atoms with Gasteiger partial charge in [0.15, 0.2) is 11.6 Å². The monoisotopic (exact) mass is 366 g/mol. The molecule has 2 unspecified atom stereocenters. The molecule has 5 aliphatic carbocycles. The summed E-state index contributed by atoms with van der Waals surface area (Å²) in [4.78, 5) is 27.5. The number of ketones is 2. The highest BCUT2D eigenvalue weighted by Gasteiger charge is 2.54. The van der Waals surface area contributed by atoms with E-state index in [1.165, 1.54) is 33.4 Å². The minimum atomic E-state index is -0.173. The summed E-state index contributed by atoms with van der Waals surface area (Å²) in [7, 11) is 0. The average Bonchev–Trinajstić information content (AvgIpc) is 2.73. The van der Waals surface area contributed by atoms with Crippen LogP contribution in [0.1, 0.15) is 60.8 Å². The predicted octanol–water partition coefficient (Wildman–Crippen LogP) is 5.09. The van der Waals surface area contributed by atoms with Gasteiger partial charge in [-0.05, 0) is 48.9 Å². The molecule has 2 aromatic carbocycles. The lowest BCUT2D eigenvalue weighted by molar-refractivity contribution is -0.131. The second kappa shape index (κ2) is 5.41. The highest BCUT2D eigenvalue weighted by atomic mass is 16.1. The van der Waals surface area contributed by atoms with E-state index in [1.807, 2.05) is 0 Å². The van der Waals surface area contributed by atoms with Gasteiger partial charge in [0.1, 0.15) is 0 Å². The fourth-order valence-corrected chi connectivity index (χ4v) is 6.13. The highest BCUT2D eigenvalue weighted by Crippen LogP contribution is 2.59. The predicted molar refractivity (Wildman–Crippen MR) is 108 cm³/mol. The maximum Gasteiger partial charge on any atom is 0.164 e. The summed E-state index contributed by atoms with van der Waals surface area (Å²) in [6.07, 6.45) is 1.47. The van der Waals surface area contributed by atoms with Gasteiger partial charge in [-0.1, -0.05) is 59.7 Å². The van der Waals surface area contributed by atoms with E-state index in [-0.39, 0.29) is 35.2 Å². The molecule has 0 saturated carbocycles. The SMILES string of the molecule is CC1=C(C)CC2C(=O)C3=C(C(=O)C2C1)C1c2ccccc2C3c2ccccc21. The van der Waals surface area contributed by atoms with Gasteiger partial charge in [0.2, 0.25) is 0 Å². The molecular formula is C26H22O2. The van der Waals surface area contributed by atoms with Crippen LogP contribution in [0.2, 0.25) is 0 Å². The van der Waals surface area contributed by atoms with E-state index in [9.17, 15) is 9.59 Å². The number of Topliss-reactive ketones (excluding diaryl/α,β-unsaturated/α-hetero) is 2. The molecule has 2 atom stereocenters. The molecule has 28 heavy (non-hydrogen) atoms. The molecule has 0 spiro atoms. The highest BCUT2D eigenvalue weighted by molar-refractivity contribution is 6.17. The van der Waals surface area contributed by atoms with Gasteiger partial charge in [-0.25, -0.2) is 0 Å². The van der Waals surface area contributed by atoms with Gasteiger partial charge in [-0.15, -0.1) is 0 Å².